The van der Waals surface area contributed by atoms with Crippen LogP contribution in [0.2, 0.25) is 0 Å². The summed E-state index contributed by atoms with van der Waals surface area (Å²) in [6.07, 6.45) is 4.79. The summed E-state index contributed by atoms with van der Waals surface area (Å²) in [6.45, 7) is 11.9. The summed E-state index contributed by atoms with van der Waals surface area (Å²) < 4.78 is 33.8. The van der Waals surface area contributed by atoms with E-state index in [-0.39, 0.29) is 34.6 Å². The Morgan fingerprint density at radius 3 is 2.62 bits per heavy atom. The number of sulfonamides is 1. The van der Waals surface area contributed by atoms with Gasteiger partial charge >= 0.3 is 0 Å². The fourth-order valence-corrected chi connectivity index (χ4v) is 5.65. The molecule has 3 rings (SSSR count). The van der Waals surface area contributed by atoms with E-state index in [2.05, 4.69) is 10.5 Å². The maximum Gasteiger partial charge on any atom is 0.248 e. The summed E-state index contributed by atoms with van der Waals surface area (Å²) in [6, 6.07) is 6.09. The summed E-state index contributed by atoms with van der Waals surface area (Å²) in [5, 5.41) is 6.89. The molecule has 1 aliphatic rings. The predicted octanol–water partition coefficient (Wildman–Crippen LogP) is 4.09. The molecule has 2 aromatic rings. The van der Waals surface area contributed by atoms with Crippen LogP contribution >= 0.6 is 0 Å². The van der Waals surface area contributed by atoms with Crippen LogP contribution in [-0.4, -0.2) is 42.4 Å². The number of aromatic nitrogens is 1. The number of amides is 1. The van der Waals surface area contributed by atoms with Gasteiger partial charge in [-0.15, -0.1) is 0 Å². The van der Waals surface area contributed by atoms with Crippen molar-refractivity contribution in [3.63, 3.8) is 0 Å². The number of hydrogen-bond acceptors (Lipinski definition) is 5. The minimum atomic E-state index is -3.87. The second-order valence-corrected chi connectivity index (χ2v) is 11.5. The van der Waals surface area contributed by atoms with Gasteiger partial charge in [0.25, 0.3) is 0 Å². The Kier molecular flexibility index (Phi) is 6.95. The van der Waals surface area contributed by atoms with Crippen LogP contribution in [0.4, 0.5) is 0 Å². The van der Waals surface area contributed by atoms with Crippen molar-refractivity contribution in [3.05, 3.63) is 46.3 Å². The first-order valence-corrected chi connectivity index (χ1v) is 12.4. The zero-order valence-corrected chi connectivity index (χ0v) is 20.5. The average molecular weight is 460 g/mol. The van der Waals surface area contributed by atoms with E-state index in [0.29, 0.717) is 25.1 Å². The van der Waals surface area contributed by atoms with Crippen molar-refractivity contribution in [2.45, 2.75) is 64.8 Å². The van der Waals surface area contributed by atoms with Crippen molar-refractivity contribution in [1.29, 1.82) is 0 Å². The van der Waals surface area contributed by atoms with Crippen molar-refractivity contribution in [2.75, 3.05) is 13.1 Å². The molecule has 0 spiro atoms. The van der Waals surface area contributed by atoms with E-state index >= 15 is 0 Å². The molecule has 1 aromatic carbocycles. The Hall–Kier alpha value is -2.45. The van der Waals surface area contributed by atoms with Crippen LogP contribution in [-0.2, 0) is 14.8 Å². The SMILES string of the molecule is Cc1ccc(C)c(/C=C/c2onc(C)c2S(=O)(=O)N2CCC[C@H](C(=O)NC(C)(C)C)C2)c1. The van der Waals surface area contributed by atoms with E-state index < -0.39 is 10.0 Å². The van der Waals surface area contributed by atoms with Gasteiger partial charge in [-0.25, -0.2) is 8.42 Å². The molecule has 2 heterocycles. The third kappa shape index (κ3) is 5.48. The molecule has 1 N–H and O–H groups in total. The molecular weight excluding hydrogens is 426 g/mol. The Labute approximate surface area is 190 Å². The molecule has 1 aromatic heterocycles. The summed E-state index contributed by atoms with van der Waals surface area (Å²) in [5.41, 5.74) is 3.13. The molecule has 7 nitrogen and oxygen atoms in total. The van der Waals surface area contributed by atoms with Gasteiger partial charge < -0.3 is 9.84 Å². The van der Waals surface area contributed by atoms with E-state index in [0.717, 1.165) is 16.7 Å². The zero-order chi connectivity index (χ0) is 23.7. The quantitative estimate of drug-likeness (QED) is 0.727. The lowest BCUT2D eigenvalue weighted by molar-refractivity contribution is -0.127. The van der Waals surface area contributed by atoms with Gasteiger partial charge in [-0.05, 0) is 71.6 Å². The van der Waals surface area contributed by atoms with E-state index in [1.807, 2.05) is 58.9 Å². The Bertz CT molecular complexity index is 1130. The minimum absolute atomic E-state index is 0.0657. The number of nitrogens with one attached hydrogen (secondary N) is 1. The van der Waals surface area contributed by atoms with Gasteiger partial charge in [-0.1, -0.05) is 35.0 Å². The van der Waals surface area contributed by atoms with E-state index in [1.54, 1.807) is 13.0 Å². The average Bonchev–Trinajstić information content (AvgIpc) is 3.08. The number of carbonyl (C=O) groups excluding carboxylic acids is 1. The van der Waals surface area contributed by atoms with Crippen molar-refractivity contribution in [1.82, 2.24) is 14.8 Å². The lowest BCUT2D eigenvalue weighted by Crippen LogP contribution is -2.49. The number of hydrogen-bond donors (Lipinski definition) is 1. The number of nitrogens with zero attached hydrogens (tertiary/aromatic N) is 2. The first-order chi connectivity index (χ1) is 14.9. The summed E-state index contributed by atoms with van der Waals surface area (Å²) in [5.74, 6) is -0.300. The molecule has 0 saturated carbocycles. The molecule has 0 bridgehead atoms. The van der Waals surface area contributed by atoms with Crippen LogP contribution in [0.5, 0.6) is 0 Å². The molecule has 1 amide bonds. The third-order valence-corrected chi connectivity index (χ3v) is 7.56. The summed E-state index contributed by atoms with van der Waals surface area (Å²) in [7, 11) is -3.87. The highest BCUT2D eigenvalue weighted by molar-refractivity contribution is 7.89. The Morgan fingerprint density at radius 1 is 1.22 bits per heavy atom. The van der Waals surface area contributed by atoms with Crippen LogP contribution in [0.25, 0.3) is 12.2 Å². The number of piperidine rings is 1. The van der Waals surface area contributed by atoms with Gasteiger partial charge in [0, 0.05) is 18.6 Å². The van der Waals surface area contributed by atoms with Crippen LogP contribution in [0.1, 0.15) is 61.8 Å². The number of benzene rings is 1. The van der Waals surface area contributed by atoms with Crippen molar-refractivity contribution in [2.24, 2.45) is 5.92 Å². The molecule has 1 saturated heterocycles. The van der Waals surface area contributed by atoms with Crippen molar-refractivity contribution >= 4 is 28.1 Å². The Morgan fingerprint density at radius 2 is 1.94 bits per heavy atom. The summed E-state index contributed by atoms with van der Waals surface area (Å²) in [4.78, 5) is 12.7. The Balaban J connectivity index is 1.87. The smallest absolute Gasteiger partial charge is 0.248 e. The molecule has 1 aliphatic heterocycles. The first-order valence-electron chi connectivity index (χ1n) is 10.9. The standard InChI is InChI=1S/C24H33N3O4S/c1-16-9-10-17(2)19(14-16)11-12-21-22(18(3)26-31-21)32(29,30)27-13-7-8-20(15-27)23(28)25-24(4,5)6/h9-12,14,20H,7-8,13,15H2,1-6H3,(H,25,28)/b12-11+/t20-/m0/s1. The fraction of sp³-hybridized carbons (Fsp3) is 0.500. The van der Waals surface area contributed by atoms with E-state index in [1.165, 1.54) is 4.31 Å². The first kappa shape index (κ1) is 24.2. The summed E-state index contributed by atoms with van der Waals surface area (Å²) >= 11 is 0. The number of rotatable bonds is 5. The van der Waals surface area contributed by atoms with Crippen LogP contribution < -0.4 is 5.32 Å². The van der Waals surface area contributed by atoms with Crippen molar-refractivity contribution < 1.29 is 17.7 Å². The molecule has 0 unspecified atom stereocenters. The predicted molar refractivity (Wildman–Crippen MR) is 125 cm³/mol. The maximum absolute atomic E-state index is 13.5. The van der Waals surface area contributed by atoms with E-state index in [4.69, 9.17) is 4.52 Å². The van der Waals surface area contributed by atoms with Gasteiger partial charge in [0.1, 0.15) is 5.69 Å². The van der Waals surface area contributed by atoms with Crippen LogP contribution in [0.3, 0.4) is 0 Å². The van der Waals surface area contributed by atoms with Crippen molar-refractivity contribution in [3.8, 4) is 0 Å². The highest BCUT2D eigenvalue weighted by Crippen LogP contribution is 2.29. The fourth-order valence-electron chi connectivity index (χ4n) is 3.88. The van der Waals surface area contributed by atoms with Crippen LogP contribution in [0.15, 0.2) is 27.6 Å². The second kappa shape index (κ2) is 9.19. The largest absolute Gasteiger partial charge is 0.355 e. The van der Waals surface area contributed by atoms with Crippen LogP contribution in [0, 0.1) is 26.7 Å². The molecule has 1 atom stereocenters. The highest BCUT2D eigenvalue weighted by Gasteiger charge is 2.37. The topological polar surface area (TPSA) is 92.5 Å². The molecule has 0 aliphatic carbocycles. The van der Waals surface area contributed by atoms with Gasteiger partial charge in [0.2, 0.25) is 15.9 Å². The zero-order valence-electron chi connectivity index (χ0n) is 19.7. The van der Waals surface area contributed by atoms with Gasteiger partial charge in [0.05, 0.1) is 5.92 Å². The highest BCUT2D eigenvalue weighted by atomic mass is 32.2. The normalized spacial score (nSPS) is 18.2. The van der Waals surface area contributed by atoms with Gasteiger partial charge in [0.15, 0.2) is 10.7 Å². The molecular formula is C24H33N3O4S. The molecule has 0 radical (unpaired) electrons. The molecule has 32 heavy (non-hydrogen) atoms. The molecule has 174 valence electrons. The minimum Gasteiger partial charge on any atom is -0.355 e. The van der Waals surface area contributed by atoms with Gasteiger partial charge in [-0.2, -0.15) is 4.31 Å². The maximum atomic E-state index is 13.5. The lowest BCUT2D eigenvalue weighted by atomic mass is 9.97. The third-order valence-electron chi connectivity index (χ3n) is 5.53. The monoisotopic (exact) mass is 459 g/mol. The number of aryl methyl sites for hydroxylation is 3. The second-order valence-electron chi connectivity index (χ2n) is 9.60. The molecule has 1 fully saturated rings. The number of carbonyl (C=O) groups is 1. The van der Waals surface area contributed by atoms with Gasteiger partial charge in [-0.3, -0.25) is 4.79 Å². The molecule has 8 heteroatoms. The van der Waals surface area contributed by atoms with E-state index in [9.17, 15) is 13.2 Å². The lowest BCUT2D eigenvalue weighted by Gasteiger charge is -2.33.